The van der Waals surface area contributed by atoms with Crippen LogP contribution in [-0.2, 0) is 5.54 Å². The molecule has 1 aromatic carbocycles. The third-order valence-corrected chi connectivity index (χ3v) is 3.30. The van der Waals surface area contributed by atoms with Gasteiger partial charge < -0.3 is 5.32 Å². The third kappa shape index (κ3) is 1.95. The molecule has 3 nitrogen and oxygen atoms in total. The van der Waals surface area contributed by atoms with Crippen LogP contribution < -0.4 is 5.32 Å². The number of nitrogens with one attached hydrogen (secondary N) is 1. The summed E-state index contributed by atoms with van der Waals surface area (Å²) >= 11 is 0. The zero-order valence-corrected chi connectivity index (χ0v) is 9.61. The minimum absolute atomic E-state index is 0.497. The summed E-state index contributed by atoms with van der Waals surface area (Å²) in [5.74, 6) is 0. The standard InChI is InChI=1S/C13H17N3/c1-13(11-14,12-5-3-2-4-6-12)16-9-7-15-8-10-16/h2-6,15H,7-10H2,1H3. The molecule has 3 heteroatoms. The topological polar surface area (TPSA) is 39.1 Å². The van der Waals surface area contributed by atoms with Gasteiger partial charge >= 0.3 is 0 Å². The molecule has 1 unspecified atom stereocenters. The molecule has 2 rings (SSSR count). The maximum Gasteiger partial charge on any atom is 0.132 e. The molecule has 0 aliphatic carbocycles. The van der Waals surface area contributed by atoms with E-state index in [1.165, 1.54) is 0 Å². The van der Waals surface area contributed by atoms with E-state index in [9.17, 15) is 5.26 Å². The van der Waals surface area contributed by atoms with Crippen LogP contribution in [0, 0.1) is 11.3 Å². The lowest BCUT2D eigenvalue weighted by molar-refractivity contribution is 0.132. The summed E-state index contributed by atoms with van der Waals surface area (Å²) in [6.45, 7) is 5.79. The summed E-state index contributed by atoms with van der Waals surface area (Å²) in [5, 5.41) is 12.8. The summed E-state index contributed by atoms with van der Waals surface area (Å²) in [6, 6.07) is 12.5. The minimum Gasteiger partial charge on any atom is -0.314 e. The van der Waals surface area contributed by atoms with E-state index in [-0.39, 0.29) is 0 Å². The summed E-state index contributed by atoms with van der Waals surface area (Å²) < 4.78 is 0. The lowest BCUT2D eigenvalue weighted by Crippen LogP contribution is -2.52. The first-order valence-corrected chi connectivity index (χ1v) is 5.70. The lowest BCUT2D eigenvalue weighted by atomic mass is 9.91. The molecule has 0 saturated carbocycles. The first-order chi connectivity index (χ1) is 7.77. The highest BCUT2D eigenvalue weighted by Gasteiger charge is 2.34. The van der Waals surface area contributed by atoms with Crippen LogP contribution >= 0.6 is 0 Å². The lowest BCUT2D eigenvalue weighted by Gasteiger charge is -2.39. The normalized spacial score (nSPS) is 21.0. The van der Waals surface area contributed by atoms with Crippen LogP contribution in [0.25, 0.3) is 0 Å². The van der Waals surface area contributed by atoms with Gasteiger partial charge in [-0.1, -0.05) is 30.3 Å². The first-order valence-electron chi connectivity index (χ1n) is 5.70. The summed E-state index contributed by atoms with van der Waals surface area (Å²) in [4.78, 5) is 2.25. The van der Waals surface area contributed by atoms with Gasteiger partial charge in [0.2, 0.25) is 0 Å². The van der Waals surface area contributed by atoms with Crippen molar-refractivity contribution in [1.82, 2.24) is 10.2 Å². The SMILES string of the molecule is CC(C#N)(c1ccccc1)N1CCNCC1. The Balaban J connectivity index is 2.29. The number of piperazine rings is 1. The number of hydrogen-bond donors (Lipinski definition) is 1. The third-order valence-electron chi connectivity index (χ3n) is 3.30. The highest BCUT2D eigenvalue weighted by Crippen LogP contribution is 2.27. The van der Waals surface area contributed by atoms with Crippen LogP contribution in [0.3, 0.4) is 0 Å². The average Bonchev–Trinajstić information content (AvgIpc) is 2.40. The van der Waals surface area contributed by atoms with E-state index >= 15 is 0 Å². The summed E-state index contributed by atoms with van der Waals surface area (Å²) in [7, 11) is 0. The Labute approximate surface area is 96.7 Å². The molecule has 1 fully saturated rings. The molecule has 1 heterocycles. The zero-order chi connectivity index (χ0) is 11.4. The van der Waals surface area contributed by atoms with E-state index in [1.807, 2.05) is 37.3 Å². The van der Waals surface area contributed by atoms with Gasteiger partial charge in [0.1, 0.15) is 5.54 Å². The first kappa shape index (κ1) is 11.1. The van der Waals surface area contributed by atoms with Gasteiger partial charge in [0.05, 0.1) is 6.07 Å². The van der Waals surface area contributed by atoms with E-state index in [4.69, 9.17) is 0 Å². The molecule has 1 aliphatic rings. The number of nitrogens with zero attached hydrogens (tertiary/aromatic N) is 2. The Bertz CT molecular complexity index is 376. The second-order valence-electron chi connectivity index (χ2n) is 4.29. The van der Waals surface area contributed by atoms with Crippen molar-refractivity contribution in [2.45, 2.75) is 12.5 Å². The van der Waals surface area contributed by atoms with Crippen molar-refractivity contribution in [1.29, 1.82) is 5.26 Å². The molecule has 1 aliphatic heterocycles. The molecule has 1 N–H and O–H groups in total. The minimum atomic E-state index is -0.497. The molecule has 84 valence electrons. The van der Waals surface area contributed by atoms with Crippen LogP contribution in [-0.4, -0.2) is 31.1 Å². The van der Waals surface area contributed by atoms with Gasteiger partial charge in [-0.2, -0.15) is 5.26 Å². The molecule has 1 saturated heterocycles. The molecule has 0 spiro atoms. The van der Waals surface area contributed by atoms with Crippen molar-refractivity contribution in [2.24, 2.45) is 0 Å². The zero-order valence-electron chi connectivity index (χ0n) is 9.61. The fourth-order valence-corrected chi connectivity index (χ4v) is 2.19. The van der Waals surface area contributed by atoms with Crippen LogP contribution in [0.5, 0.6) is 0 Å². The van der Waals surface area contributed by atoms with Crippen molar-refractivity contribution in [2.75, 3.05) is 26.2 Å². The number of rotatable bonds is 2. The average molecular weight is 215 g/mol. The van der Waals surface area contributed by atoms with E-state index in [2.05, 4.69) is 16.3 Å². The van der Waals surface area contributed by atoms with Gasteiger partial charge in [-0.05, 0) is 12.5 Å². The molecule has 0 bridgehead atoms. The molecular weight excluding hydrogens is 198 g/mol. The van der Waals surface area contributed by atoms with Crippen LogP contribution in [0.1, 0.15) is 12.5 Å². The number of nitriles is 1. The Hall–Kier alpha value is -1.37. The summed E-state index contributed by atoms with van der Waals surface area (Å²) in [5.41, 5.74) is 0.586. The highest BCUT2D eigenvalue weighted by molar-refractivity contribution is 5.30. The molecule has 1 aromatic rings. The Morgan fingerprint density at radius 3 is 2.44 bits per heavy atom. The van der Waals surface area contributed by atoms with Gasteiger partial charge in [-0.15, -0.1) is 0 Å². The molecule has 0 amide bonds. The van der Waals surface area contributed by atoms with Crippen molar-refractivity contribution in [3.63, 3.8) is 0 Å². The van der Waals surface area contributed by atoms with Crippen molar-refractivity contribution < 1.29 is 0 Å². The van der Waals surface area contributed by atoms with Crippen molar-refractivity contribution in [3.05, 3.63) is 35.9 Å². The molecule has 1 atom stereocenters. The van der Waals surface area contributed by atoms with Crippen LogP contribution in [0.4, 0.5) is 0 Å². The highest BCUT2D eigenvalue weighted by atomic mass is 15.2. The van der Waals surface area contributed by atoms with Crippen LogP contribution in [0.2, 0.25) is 0 Å². The Morgan fingerprint density at radius 2 is 1.88 bits per heavy atom. The van der Waals surface area contributed by atoms with E-state index in [0.717, 1.165) is 31.7 Å². The maximum atomic E-state index is 9.48. The smallest absolute Gasteiger partial charge is 0.132 e. The molecular formula is C13H17N3. The van der Waals surface area contributed by atoms with Gasteiger partial charge in [-0.3, -0.25) is 4.90 Å². The van der Waals surface area contributed by atoms with Crippen molar-refractivity contribution >= 4 is 0 Å². The monoisotopic (exact) mass is 215 g/mol. The Morgan fingerprint density at radius 1 is 1.25 bits per heavy atom. The van der Waals surface area contributed by atoms with E-state index < -0.39 is 5.54 Å². The van der Waals surface area contributed by atoms with Gasteiger partial charge in [0.15, 0.2) is 0 Å². The number of benzene rings is 1. The fraction of sp³-hybridized carbons (Fsp3) is 0.462. The molecule has 0 radical (unpaired) electrons. The predicted molar refractivity (Wildman–Crippen MR) is 63.8 cm³/mol. The quantitative estimate of drug-likeness (QED) is 0.809. The largest absolute Gasteiger partial charge is 0.314 e. The molecule has 16 heavy (non-hydrogen) atoms. The number of hydrogen-bond acceptors (Lipinski definition) is 3. The van der Waals surface area contributed by atoms with Gasteiger partial charge in [0, 0.05) is 26.2 Å². The van der Waals surface area contributed by atoms with Gasteiger partial charge in [-0.25, -0.2) is 0 Å². The Kier molecular flexibility index (Phi) is 3.23. The van der Waals surface area contributed by atoms with Gasteiger partial charge in [0.25, 0.3) is 0 Å². The van der Waals surface area contributed by atoms with E-state index in [0.29, 0.717) is 0 Å². The van der Waals surface area contributed by atoms with E-state index in [1.54, 1.807) is 0 Å². The fourth-order valence-electron chi connectivity index (χ4n) is 2.19. The maximum absolute atomic E-state index is 9.48. The summed E-state index contributed by atoms with van der Waals surface area (Å²) in [6.07, 6.45) is 0. The second-order valence-corrected chi connectivity index (χ2v) is 4.29. The second kappa shape index (κ2) is 4.65. The van der Waals surface area contributed by atoms with Crippen molar-refractivity contribution in [3.8, 4) is 6.07 Å². The predicted octanol–water partition coefficient (Wildman–Crippen LogP) is 1.33. The molecule has 0 aromatic heterocycles. The van der Waals surface area contributed by atoms with Crippen LogP contribution in [0.15, 0.2) is 30.3 Å².